The van der Waals surface area contributed by atoms with E-state index in [0.29, 0.717) is 21.6 Å². The molecule has 0 spiro atoms. The molecule has 0 amide bonds. The monoisotopic (exact) mass is 184 g/mol. The number of nitrogens with two attached hydrogens (primary N) is 1. The maximum atomic E-state index is 13.1. The minimum absolute atomic E-state index is 0.356. The van der Waals surface area contributed by atoms with E-state index in [1.807, 2.05) is 0 Å². The molecule has 3 N–H and O–H groups in total. The molecule has 2 rings (SSSR count). The lowest BCUT2D eigenvalue weighted by atomic mass is 10.2. The number of anilines is 1. The third-order valence-electron chi connectivity index (χ3n) is 1.77. The largest absolute Gasteiger partial charge is 0.397 e. The summed E-state index contributed by atoms with van der Waals surface area (Å²) in [5, 5.41) is 0.714. The maximum absolute atomic E-state index is 13.1. The molecular weight excluding hydrogens is 179 g/mol. The Labute approximate surface area is 73.1 Å². The molecule has 0 fully saturated rings. The highest BCUT2D eigenvalue weighted by molar-refractivity contribution is 6.35. The summed E-state index contributed by atoms with van der Waals surface area (Å²) in [6.45, 7) is 0. The van der Waals surface area contributed by atoms with Crippen LogP contribution >= 0.6 is 11.6 Å². The lowest BCUT2D eigenvalue weighted by Crippen LogP contribution is -1.87. The van der Waals surface area contributed by atoms with Crippen molar-refractivity contribution in [1.29, 1.82) is 0 Å². The summed E-state index contributed by atoms with van der Waals surface area (Å²) in [6.07, 6.45) is 1.52. The van der Waals surface area contributed by atoms with E-state index in [1.54, 1.807) is 0 Å². The van der Waals surface area contributed by atoms with Crippen LogP contribution in [0.3, 0.4) is 0 Å². The van der Waals surface area contributed by atoms with Crippen LogP contribution in [0, 0.1) is 5.82 Å². The van der Waals surface area contributed by atoms with Crippen LogP contribution in [0.1, 0.15) is 0 Å². The standard InChI is InChI=1S/C8H6ClFN2/c9-4-3-12-8-6(11)2-1-5(10)7(4)8/h1-3,12H,11H2. The molecule has 0 saturated carbocycles. The Hall–Kier alpha value is -1.22. The van der Waals surface area contributed by atoms with Crippen molar-refractivity contribution in [3.8, 4) is 0 Å². The van der Waals surface area contributed by atoms with Gasteiger partial charge >= 0.3 is 0 Å². The minimum Gasteiger partial charge on any atom is -0.397 e. The maximum Gasteiger partial charge on any atom is 0.134 e. The zero-order chi connectivity index (χ0) is 8.72. The number of hydrogen-bond acceptors (Lipinski definition) is 1. The summed E-state index contributed by atoms with van der Waals surface area (Å²) >= 11 is 5.72. The first-order valence-corrected chi connectivity index (χ1v) is 3.78. The molecule has 1 aromatic carbocycles. The highest BCUT2D eigenvalue weighted by Gasteiger charge is 2.08. The number of benzene rings is 1. The molecule has 1 aromatic heterocycles. The topological polar surface area (TPSA) is 41.8 Å². The second-order valence-corrected chi connectivity index (χ2v) is 2.93. The average molecular weight is 185 g/mol. The molecule has 0 atom stereocenters. The second-order valence-electron chi connectivity index (χ2n) is 2.52. The van der Waals surface area contributed by atoms with Gasteiger partial charge in [-0.25, -0.2) is 4.39 Å². The first-order chi connectivity index (χ1) is 5.70. The molecule has 1 heterocycles. The highest BCUT2D eigenvalue weighted by Crippen LogP contribution is 2.29. The van der Waals surface area contributed by atoms with Crippen LogP contribution in [-0.2, 0) is 0 Å². The lowest BCUT2D eigenvalue weighted by Gasteiger charge is -1.96. The summed E-state index contributed by atoms with van der Waals surface area (Å²) in [5.41, 5.74) is 6.64. The molecular formula is C8H6ClFN2. The van der Waals surface area contributed by atoms with Crippen molar-refractivity contribution in [2.24, 2.45) is 0 Å². The van der Waals surface area contributed by atoms with Crippen LogP contribution in [0.2, 0.25) is 5.02 Å². The van der Waals surface area contributed by atoms with Crippen LogP contribution in [0.25, 0.3) is 10.9 Å². The predicted molar refractivity (Wildman–Crippen MR) is 47.7 cm³/mol. The van der Waals surface area contributed by atoms with E-state index in [2.05, 4.69) is 4.98 Å². The Bertz CT molecular complexity index is 436. The SMILES string of the molecule is Nc1ccc(F)c2c(Cl)c[nH]c12. The van der Waals surface area contributed by atoms with Gasteiger partial charge in [0, 0.05) is 6.20 Å². The predicted octanol–water partition coefficient (Wildman–Crippen LogP) is 2.54. The molecule has 0 unspecified atom stereocenters. The van der Waals surface area contributed by atoms with Gasteiger partial charge in [0.2, 0.25) is 0 Å². The molecule has 0 radical (unpaired) electrons. The van der Waals surface area contributed by atoms with Gasteiger partial charge in [-0.15, -0.1) is 0 Å². The van der Waals surface area contributed by atoms with Gasteiger partial charge in [0.05, 0.1) is 21.6 Å². The summed E-state index contributed by atoms with van der Waals surface area (Å²) in [4.78, 5) is 2.80. The van der Waals surface area contributed by atoms with E-state index < -0.39 is 0 Å². The third kappa shape index (κ3) is 0.865. The lowest BCUT2D eigenvalue weighted by molar-refractivity contribution is 0.640. The van der Waals surface area contributed by atoms with E-state index in [0.717, 1.165) is 0 Å². The third-order valence-corrected chi connectivity index (χ3v) is 2.07. The van der Waals surface area contributed by atoms with E-state index in [-0.39, 0.29) is 5.82 Å². The van der Waals surface area contributed by atoms with Crippen LogP contribution in [-0.4, -0.2) is 4.98 Å². The molecule has 0 bridgehead atoms. The Balaban J connectivity index is 2.98. The molecule has 0 saturated heterocycles. The number of nitrogens with one attached hydrogen (secondary N) is 1. The van der Waals surface area contributed by atoms with E-state index in [1.165, 1.54) is 18.3 Å². The van der Waals surface area contributed by atoms with Gasteiger partial charge in [0.1, 0.15) is 5.82 Å². The van der Waals surface area contributed by atoms with Crippen LogP contribution in [0.5, 0.6) is 0 Å². The van der Waals surface area contributed by atoms with Gasteiger partial charge < -0.3 is 10.7 Å². The summed E-state index contributed by atoms with van der Waals surface area (Å²) in [5.74, 6) is -0.356. The molecule has 4 heteroatoms. The van der Waals surface area contributed by atoms with Gasteiger partial charge in [-0.2, -0.15) is 0 Å². The number of H-pyrrole nitrogens is 1. The average Bonchev–Trinajstić information content (AvgIpc) is 2.42. The zero-order valence-electron chi connectivity index (χ0n) is 6.07. The Morgan fingerprint density at radius 2 is 2.17 bits per heavy atom. The highest BCUT2D eigenvalue weighted by atomic mass is 35.5. The quantitative estimate of drug-likeness (QED) is 0.607. The van der Waals surface area contributed by atoms with Gasteiger partial charge in [-0.1, -0.05) is 11.6 Å². The Morgan fingerprint density at radius 3 is 2.83 bits per heavy atom. The molecule has 12 heavy (non-hydrogen) atoms. The minimum atomic E-state index is -0.356. The van der Waals surface area contributed by atoms with Crippen molar-refractivity contribution >= 4 is 28.2 Å². The molecule has 2 nitrogen and oxygen atoms in total. The van der Waals surface area contributed by atoms with E-state index >= 15 is 0 Å². The Kier molecular flexibility index (Phi) is 1.48. The first kappa shape index (κ1) is 7.43. The molecule has 0 aliphatic heterocycles. The van der Waals surface area contributed by atoms with E-state index in [9.17, 15) is 4.39 Å². The number of aromatic nitrogens is 1. The fraction of sp³-hybridized carbons (Fsp3) is 0. The number of hydrogen-bond donors (Lipinski definition) is 2. The van der Waals surface area contributed by atoms with E-state index in [4.69, 9.17) is 17.3 Å². The van der Waals surface area contributed by atoms with Crippen LogP contribution in [0.4, 0.5) is 10.1 Å². The van der Waals surface area contributed by atoms with Gasteiger partial charge in [-0.05, 0) is 12.1 Å². The van der Waals surface area contributed by atoms with Crippen molar-refractivity contribution in [2.75, 3.05) is 5.73 Å². The number of aromatic amines is 1. The van der Waals surface area contributed by atoms with Gasteiger partial charge in [-0.3, -0.25) is 0 Å². The van der Waals surface area contributed by atoms with Crippen LogP contribution in [0.15, 0.2) is 18.3 Å². The smallest absolute Gasteiger partial charge is 0.134 e. The Morgan fingerprint density at radius 1 is 1.42 bits per heavy atom. The number of halogens is 2. The number of nitrogen functional groups attached to an aromatic ring is 1. The van der Waals surface area contributed by atoms with Crippen LogP contribution < -0.4 is 5.73 Å². The second kappa shape index (κ2) is 2.38. The number of fused-ring (bicyclic) bond motifs is 1. The summed E-state index contributed by atoms with van der Waals surface area (Å²) < 4.78 is 13.1. The van der Waals surface area contributed by atoms with Crippen molar-refractivity contribution in [3.63, 3.8) is 0 Å². The normalized spacial score (nSPS) is 10.8. The van der Waals surface area contributed by atoms with Crippen molar-refractivity contribution < 1.29 is 4.39 Å². The fourth-order valence-electron chi connectivity index (χ4n) is 1.19. The first-order valence-electron chi connectivity index (χ1n) is 3.40. The molecule has 0 aliphatic carbocycles. The molecule has 0 aliphatic rings. The molecule has 62 valence electrons. The summed E-state index contributed by atoms with van der Waals surface area (Å²) in [7, 11) is 0. The van der Waals surface area contributed by atoms with Gasteiger partial charge in [0.25, 0.3) is 0 Å². The molecule has 2 aromatic rings. The van der Waals surface area contributed by atoms with Crippen molar-refractivity contribution in [2.45, 2.75) is 0 Å². The van der Waals surface area contributed by atoms with Crippen molar-refractivity contribution in [3.05, 3.63) is 29.2 Å². The number of rotatable bonds is 0. The zero-order valence-corrected chi connectivity index (χ0v) is 6.82. The fourth-order valence-corrected chi connectivity index (χ4v) is 1.43. The van der Waals surface area contributed by atoms with Crippen molar-refractivity contribution in [1.82, 2.24) is 4.98 Å². The summed E-state index contributed by atoms with van der Waals surface area (Å²) in [6, 6.07) is 2.81. The van der Waals surface area contributed by atoms with Gasteiger partial charge in [0.15, 0.2) is 0 Å².